The summed E-state index contributed by atoms with van der Waals surface area (Å²) in [6.45, 7) is 1.53. The number of fused-ring (bicyclic) bond motifs is 1. The molecule has 0 radical (unpaired) electrons. The molecule has 30 heavy (non-hydrogen) atoms. The van der Waals surface area contributed by atoms with Gasteiger partial charge in [-0.25, -0.2) is 0 Å². The molecule has 0 fully saturated rings. The van der Waals surface area contributed by atoms with Crippen molar-refractivity contribution in [3.63, 3.8) is 0 Å². The van der Waals surface area contributed by atoms with Crippen molar-refractivity contribution < 1.29 is 23.7 Å². The maximum atomic E-state index is 5.52. The van der Waals surface area contributed by atoms with Gasteiger partial charge in [-0.3, -0.25) is 4.99 Å². The number of halogens is 1. The van der Waals surface area contributed by atoms with E-state index in [1.165, 1.54) is 5.56 Å². The molecule has 0 aliphatic carbocycles. The molecule has 1 heterocycles. The van der Waals surface area contributed by atoms with E-state index in [0.717, 1.165) is 30.0 Å². The van der Waals surface area contributed by atoms with Crippen LogP contribution >= 0.6 is 24.0 Å². The summed E-state index contributed by atoms with van der Waals surface area (Å²) in [5, 5.41) is 6.61. The van der Waals surface area contributed by atoms with Gasteiger partial charge in [0.25, 0.3) is 0 Å². The highest BCUT2D eigenvalue weighted by molar-refractivity contribution is 14.0. The van der Waals surface area contributed by atoms with Gasteiger partial charge in [-0.05, 0) is 36.2 Å². The number of nitrogens with zero attached hydrogens (tertiary/aromatic N) is 1. The minimum Gasteiger partial charge on any atom is -0.493 e. The number of aliphatic imine (C=N–C) groups is 1. The first kappa shape index (κ1) is 23.7. The Balaban J connectivity index is 0.00000320. The lowest BCUT2D eigenvalue weighted by atomic mass is 10.1. The number of guanidine groups is 1. The fraction of sp³-hybridized carbons (Fsp3) is 0.381. The van der Waals surface area contributed by atoms with E-state index < -0.39 is 0 Å². The van der Waals surface area contributed by atoms with Crippen molar-refractivity contribution in [1.29, 1.82) is 0 Å². The molecule has 0 spiro atoms. The van der Waals surface area contributed by atoms with Crippen LogP contribution in [0.15, 0.2) is 35.3 Å². The van der Waals surface area contributed by atoms with Gasteiger partial charge < -0.3 is 34.3 Å². The molecule has 1 aliphatic heterocycles. The van der Waals surface area contributed by atoms with Crippen molar-refractivity contribution in [2.75, 3.05) is 41.7 Å². The molecule has 2 aromatic rings. The first-order valence-electron chi connectivity index (χ1n) is 9.31. The predicted octanol–water partition coefficient (Wildman–Crippen LogP) is 2.97. The second kappa shape index (κ2) is 11.6. The van der Waals surface area contributed by atoms with Crippen LogP contribution in [0.25, 0.3) is 0 Å². The van der Waals surface area contributed by atoms with E-state index in [9.17, 15) is 0 Å². The molecule has 0 amide bonds. The van der Waals surface area contributed by atoms with E-state index in [2.05, 4.69) is 15.6 Å². The number of methoxy groups -OCH3 is 3. The minimum atomic E-state index is 0. The van der Waals surface area contributed by atoms with Crippen molar-refractivity contribution in [1.82, 2.24) is 10.6 Å². The van der Waals surface area contributed by atoms with Crippen molar-refractivity contribution >= 4 is 29.9 Å². The smallest absolute Gasteiger partial charge is 0.231 e. The Kier molecular flexibility index (Phi) is 9.15. The zero-order chi connectivity index (χ0) is 20.6. The summed E-state index contributed by atoms with van der Waals surface area (Å²) in [7, 11) is 6.54. The summed E-state index contributed by atoms with van der Waals surface area (Å²) >= 11 is 0. The number of hydrogen-bond acceptors (Lipinski definition) is 6. The van der Waals surface area contributed by atoms with E-state index in [1.54, 1.807) is 28.4 Å². The average molecular weight is 529 g/mol. The molecule has 0 unspecified atom stereocenters. The average Bonchev–Trinajstić information content (AvgIpc) is 3.23. The highest BCUT2D eigenvalue weighted by atomic mass is 127. The van der Waals surface area contributed by atoms with E-state index in [-0.39, 0.29) is 30.8 Å². The van der Waals surface area contributed by atoms with Gasteiger partial charge in [-0.2, -0.15) is 0 Å². The Morgan fingerprint density at radius 3 is 2.43 bits per heavy atom. The summed E-state index contributed by atoms with van der Waals surface area (Å²) in [5.41, 5.74) is 2.10. The maximum absolute atomic E-state index is 5.52. The Hall–Kier alpha value is -2.56. The molecule has 9 heteroatoms. The molecule has 8 nitrogen and oxygen atoms in total. The lowest BCUT2D eigenvalue weighted by molar-refractivity contribution is 0.174. The quantitative estimate of drug-likeness (QED) is 0.309. The van der Waals surface area contributed by atoms with Gasteiger partial charge in [0.15, 0.2) is 29.0 Å². The molecular weight excluding hydrogens is 501 g/mol. The van der Waals surface area contributed by atoms with Crippen LogP contribution in [0, 0.1) is 0 Å². The molecule has 1 aliphatic rings. The summed E-state index contributed by atoms with van der Waals surface area (Å²) < 4.78 is 27.1. The van der Waals surface area contributed by atoms with Gasteiger partial charge in [-0.1, -0.05) is 6.07 Å². The largest absolute Gasteiger partial charge is 0.493 e. The van der Waals surface area contributed by atoms with Gasteiger partial charge in [0.05, 0.1) is 21.3 Å². The number of ether oxygens (including phenoxy) is 5. The van der Waals surface area contributed by atoms with Crippen LogP contribution in [0.5, 0.6) is 28.7 Å². The van der Waals surface area contributed by atoms with Crippen LogP contribution < -0.4 is 34.3 Å². The third-order valence-corrected chi connectivity index (χ3v) is 4.60. The van der Waals surface area contributed by atoms with Gasteiger partial charge in [0, 0.05) is 25.7 Å². The molecule has 2 aromatic carbocycles. The van der Waals surface area contributed by atoms with Gasteiger partial charge in [0.1, 0.15) is 0 Å². The first-order valence-corrected chi connectivity index (χ1v) is 9.31. The summed E-state index contributed by atoms with van der Waals surface area (Å²) in [4.78, 5) is 4.28. The van der Waals surface area contributed by atoms with Crippen LogP contribution in [0.4, 0.5) is 0 Å². The van der Waals surface area contributed by atoms with E-state index in [4.69, 9.17) is 23.7 Å². The highest BCUT2D eigenvalue weighted by Gasteiger charge is 2.16. The number of benzene rings is 2. The lowest BCUT2D eigenvalue weighted by Gasteiger charge is -2.17. The topological polar surface area (TPSA) is 82.6 Å². The van der Waals surface area contributed by atoms with Crippen molar-refractivity contribution in [3.05, 3.63) is 41.5 Å². The van der Waals surface area contributed by atoms with Gasteiger partial charge in [-0.15, -0.1) is 24.0 Å². The third kappa shape index (κ3) is 5.53. The molecule has 0 aromatic heterocycles. The van der Waals surface area contributed by atoms with Crippen molar-refractivity contribution in [2.45, 2.75) is 13.0 Å². The Bertz CT molecular complexity index is 876. The number of rotatable bonds is 8. The molecule has 164 valence electrons. The fourth-order valence-corrected chi connectivity index (χ4v) is 3.12. The lowest BCUT2D eigenvalue weighted by Crippen LogP contribution is -2.37. The molecule has 0 bridgehead atoms. The van der Waals surface area contributed by atoms with Crippen LogP contribution in [0.2, 0.25) is 0 Å². The van der Waals surface area contributed by atoms with Crippen molar-refractivity contribution in [2.24, 2.45) is 4.99 Å². The Morgan fingerprint density at radius 1 is 0.967 bits per heavy atom. The highest BCUT2D eigenvalue weighted by Crippen LogP contribution is 2.39. The molecular formula is C21H28IN3O5. The minimum absolute atomic E-state index is 0. The van der Waals surface area contributed by atoms with Gasteiger partial charge >= 0.3 is 0 Å². The zero-order valence-corrected chi connectivity index (χ0v) is 19.9. The Labute approximate surface area is 193 Å². The zero-order valence-electron chi connectivity index (χ0n) is 17.6. The molecule has 0 saturated heterocycles. The first-order chi connectivity index (χ1) is 14.2. The van der Waals surface area contributed by atoms with Crippen LogP contribution in [-0.4, -0.2) is 47.7 Å². The normalized spacial score (nSPS) is 12.1. The van der Waals surface area contributed by atoms with Crippen molar-refractivity contribution in [3.8, 4) is 28.7 Å². The summed E-state index contributed by atoms with van der Waals surface area (Å²) in [6, 6.07) is 9.78. The number of nitrogens with one attached hydrogen (secondary N) is 2. The second-order valence-corrected chi connectivity index (χ2v) is 6.28. The monoisotopic (exact) mass is 529 g/mol. The maximum Gasteiger partial charge on any atom is 0.231 e. The molecule has 3 rings (SSSR count). The number of hydrogen-bond donors (Lipinski definition) is 2. The van der Waals surface area contributed by atoms with E-state index in [1.807, 2.05) is 30.3 Å². The van der Waals surface area contributed by atoms with Crippen LogP contribution in [-0.2, 0) is 13.0 Å². The predicted molar refractivity (Wildman–Crippen MR) is 126 cm³/mol. The molecule has 2 N–H and O–H groups in total. The fourth-order valence-electron chi connectivity index (χ4n) is 3.12. The van der Waals surface area contributed by atoms with Crippen LogP contribution in [0.1, 0.15) is 11.1 Å². The third-order valence-electron chi connectivity index (χ3n) is 4.60. The SMILES string of the molecule is CN=C(NCCc1ccc2c(c1)OCO2)NCc1ccc(OC)c(OC)c1OC.I. The van der Waals surface area contributed by atoms with Crippen LogP contribution in [0.3, 0.4) is 0 Å². The summed E-state index contributed by atoms with van der Waals surface area (Å²) in [6.07, 6.45) is 0.830. The second-order valence-electron chi connectivity index (χ2n) is 6.28. The van der Waals surface area contributed by atoms with Gasteiger partial charge in [0.2, 0.25) is 12.5 Å². The van der Waals surface area contributed by atoms with E-state index in [0.29, 0.717) is 29.8 Å². The summed E-state index contributed by atoms with van der Waals surface area (Å²) in [5.74, 6) is 4.12. The Morgan fingerprint density at radius 2 is 1.73 bits per heavy atom. The standard InChI is InChI=1S/C21H27N3O5.HI/c1-22-21(23-10-9-14-5-7-16-18(11-14)29-13-28-16)24-12-15-6-8-17(25-2)20(27-4)19(15)26-3;/h5-8,11H,9-10,12-13H2,1-4H3,(H2,22,23,24);1H. The molecule has 0 atom stereocenters. The molecule has 0 saturated carbocycles. The van der Waals surface area contributed by atoms with E-state index >= 15 is 0 Å².